The lowest BCUT2D eigenvalue weighted by Crippen LogP contribution is -2.45. The average molecular weight is 234 g/mol. The highest BCUT2D eigenvalue weighted by Crippen LogP contribution is 2.23. The molecule has 0 spiro atoms. The van der Waals surface area contributed by atoms with E-state index < -0.39 is 0 Å². The Bertz CT molecular complexity index is 366. The number of likely N-dealkylation sites (N-methyl/N-ethyl adjacent to an activating group) is 2. The Morgan fingerprint density at radius 3 is 3.12 bits per heavy atom. The van der Waals surface area contributed by atoms with Gasteiger partial charge in [0.25, 0.3) is 0 Å². The number of rotatable bonds is 3. The molecule has 1 atom stereocenters. The summed E-state index contributed by atoms with van der Waals surface area (Å²) in [4.78, 5) is 8.95. The van der Waals surface area contributed by atoms with E-state index in [1.54, 1.807) is 0 Å². The summed E-state index contributed by atoms with van der Waals surface area (Å²) in [6.07, 6.45) is 6.26. The van der Waals surface area contributed by atoms with Crippen LogP contribution in [0.1, 0.15) is 18.4 Å². The Labute approximate surface area is 103 Å². The van der Waals surface area contributed by atoms with Gasteiger partial charge in [-0.15, -0.1) is 0 Å². The molecule has 4 nitrogen and oxygen atoms in total. The molecule has 0 saturated carbocycles. The number of nitrogens with two attached hydrogens (primary N) is 1. The first-order valence-electron chi connectivity index (χ1n) is 6.26. The van der Waals surface area contributed by atoms with Crippen LogP contribution >= 0.6 is 0 Å². The Hall–Kier alpha value is -1.13. The molecule has 1 fully saturated rings. The quantitative estimate of drug-likeness (QED) is 0.850. The van der Waals surface area contributed by atoms with E-state index in [4.69, 9.17) is 5.73 Å². The molecule has 1 aliphatic heterocycles. The van der Waals surface area contributed by atoms with Gasteiger partial charge in [0.2, 0.25) is 0 Å². The number of aromatic nitrogens is 1. The summed E-state index contributed by atoms with van der Waals surface area (Å²) < 4.78 is 0. The van der Waals surface area contributed by atoms with Gasteiger partial charge in [0.05, 0.1) is 11.9 Å². The molecule has 0 radical (unpaired) electrons. The fourth-order valence-electron chi connectivity index (χ4n) is 2.56. The molecule has 94 valence electrons. The number of likely N-dealkylation sites (tertiary alicyclic amines) is 1. The first-order chi connectivity index (χ1) is 8.22. The SMILES string of the molecule is CN1CCCC(N(C)c2cnccc2CN)C1. The predicted octanol–water partition coefficient (Wildman–Crippen LogP) is 1.07. The summed E-state index contributed by atoms with van der Waals surface area (Å²) in [6.45, 7) is 2.90. The molecule has 1 saturated heterocycles. The number of nitrogens with zero attached hydrogens (tertiary/aromatic N) is 3. The van der Waals surface area contributed by atoms with Gasteiger partial charge in [-0.05, 0) is 38.1 Å². The summed E-state index contributed by atoms with van der Waals surface area (Å²) in [7, 11) is 4.34. The minimum Gasteiger partial charge on any atom is -0.369 e. The van der Waals surface area contributed by atoms with Crippen molar-refractivity contribution in [3.63, 3.8) is 0 Å². The zero-order valence-corrected chi connectivity index (χ0v) is 10.8. The van der Waals surface area contributed by atoms with Gasteiger partial charge in [0, 0.05) is 32.4 Å². The fraction of sp³-hybridized carbons (Fsp3) is 0.615. The van der Waals surface area contributed by atoms with Crippen LogP contribution in [0.2, 0.25) is 0 Å². The van der Waals surface area contributed by atoms with Crippen LogP contribution in [0.5, 0.6) is 0 Å². The number of hydrogen-bond donors (Lipinski definition) is 1. The Morgan fingerprint density at radius 1 is 1.59 bits per heavy atom. The predicted molar refractivity (Wildman–Crippen MR) is 71.1 cm³/mol. The molecule has 0 amide bonds. The normalized spacial score (nSPS) is 21.5. The minimum absolute atomic E-state index is 0.572. The smallest absolute Gasteiger partial charge is 0.0598 e. The van der Waals surface area contributed by atoms with Crippen molar-refractivity contribution in [2.45, 2.75) is 25.4 Å². The molecule has 1 aliphatic rings. The van der Waals surface area contributed by atoms with E-state index in [0.717, 1.165) is 6.54 Å². The van der Waals surface area contributed by atoms with Crippen LogP contribution in [0.3, 0.4) is 0 Å². The Morgan fingerprint density at radius 2 is 2.41 bits per heavy atom. The lowest BCUT2D eigenvalue weighted by molar-refractivity contribution is 0.248. The zero-order chi connectivity index (χ0) is 12.3. The van der Waals surface area contributed by atoms with E-state index in [1.807, 2.05) is 18.5 Å². The third-order valence-electron chi connectivity index (χ3n) is 3.63. The topological polar surface area (TPSA) is 45.4 Å². The second-order valence-corrected chi connectivity index (χ2v) is 4.88. The van der Waals surface area contributed by atoms with Gasteiger partial charge in [-0.3, -0.25) is 4.98 Å². The second-order valence-electron chi connectivity index (χ2n) is 4.88. The maximum Gasteiger partial charge on any atom is 0.0598 e. The van der Waals surface area contributed by atoms with E-state index in [-0.39, 0.29) is 0 Å². The largest absolute Gasteiger partial charge is 0.369 e. The summed E-state index contributed by atoms with van der Waals surface area (Å²) >= 11 is 0. The first kappa shape index (κ1) is 12.3. The van der Waals surface area contributed by atoms with Crippen molar-refractivity contribution in [1.82, 2.24) is 9.88 Å². The molecule has 4 heteroatoms. The van der Waals surface area contributed by atoms with E-state index >= 15 is 0 Å². The van der Waals surface area contributed by atoms with Crippen LogP contribution in [-0.2, 0) is 6.54 Å². The molecule has 2 heterocycles. The maximum atomic E-state index is 5.78. The minimum atomic E-state index is 0.572. The molecule has 2 rings (SSSR count). The monoisotopic (exact) mass is 234 g/mol. The summed E-state index contributed by atoms with van der Waals surface area (Å²) in [5, 5.41) is 0. The van der Waals surface area contributed by atoms with Gasteiger partial charge in [0.15, 0.2) is 0 Å². The van der Waals surface area contributed by atoms with Crippen LogP contribution in [0, 0.1) is 0 Å². The van der Waals surface area contributed by atoms with E-state index in [0.29, 0.717) is 12.6 Å². The third kappa shape index (κ3) is 2.76. The molecule has 17 heavy (non-hydrogen) atoms. The van der Waals surface area contributed by atoms with Crippen molar-refractivity contribution < 1.29 is 0 Å². The van der Waals surface area contributed by atoms with Crippen molar-refractivity contribution in [2.75, 3.05) is 32.1 Å². The fourth-order valence-corrected chi connectivity index (χ4v) is 2.56. The summed E-state index contributed by atoms with van der Waals surface area (Å²) in [6, 6.07) is 2.58. The molecule has 0 aliphatic carbocycles. The van der Waals surface area contributed by atoms with Gasteiger partial charge in [-0.2, -0.15) is 0 Å². The van der Waals surface area contributed by atoms with Crippen LogP contribution in [0.25, 0.3) is 0 Å². The van der Waals surface area contributed by atoms with Gasteiger partial charge < -0.3 is 15.5 Å². The molecule has 1 aromatic heterocycles. The molecule has 1 aromatic rings. The average Bonchev–Trinajstić information content (AvgIpc) is 2.38. The van der Waals surface area contributed by atoms with Crippen molar-refractivity contribution in [3.8, 4) is 0 Å². The second kappa shape index (κ2) is 5.47. The molecular formula is C13H22N4. The van der Waals surface area contributed by atoms with Gasteiger partial charge in [-0.1, -0.05) is 0 Å². The van der Waals surface area contributed by atoms with E-state index in [2.05, 4.69) is 28.9 Å². The standard InChI is InChI=1S/C13H22N4/c1-16-7-3-4-12(10-16)17(2)13-9-15-6-5-11(13)8-14/h5-6,9,12H,3-4,7-8,10,14H2,1-2H3. The van der Waals surface area contributed by atoms with Crippen LogP contribution in [0.4, 0.5) is 5.69 Å². The molecule has 2 N–H and O–H groups in total. The van der Waals surface area contributed by atoms with Crippen LogP contribution < -0.4 is 10.6 Å². The number of pyridine rings is 1. The van der Waals surface area contributed by atoms with Crippen molar-refractivity contribution >= 4 is 5.69 Å². The lowest BCUT2D eigenvalue weighted by Gasteiger charge is -2.37. The first-order valence-corrected chi connectivity index (χ1v) is 6.26. The zero-order valence-electron chi connectivity index (χ0n) is 10.8. The van der Waals surface area contributed by atoms with E-state index in [9.17, 15) is 0 Å². The highest BCUT2D eigenvalue weighted by Gasteiger charge is 2.22. The molecule has 1 unspecified atom stereocenters. The van der Waals surface area contributed by atoms with Gasteiger partial charge in [-0.25, -0.2) is 0 Å². The molecule has 0 aromatic carbocycles. The third-order valence-corrected chi connectivity index (χ3v) is 3.63. The number of piperidine rings is 1. The summed E-state index contributed by atoms with van der Waals surface area (Å²) in [5.41, 5.74) is 8.13. The maximum absolute atomic E-state index is 5.78. The van der Waals surface area contributed by atoms with Crippen LogP contribution in [-0.4, -0.2) is 43.1 Å². The number of anilines is 1. The van der Waals surface area contributed by atoms with Crippen molar-refractivity contribution in [1.29, 1.82) is 0 Å². The molecular weight excluding hydrogens is 212 g/mol. The lowest BCUT2D eigenvalue weighted by atomic mass is 10.0. The highest BCUT2D eigenvalue weighted by molar-refractivity contribution is 5.51. The van der Waals surface area contributed by atoms with Gasteiger partial charge >= 0.3 is 0 Å². The van der Waals surface area contributed by atoms with Crippen molar-refractivity contribution in [2.24, 2.45) is 5.73 Å². The Balaban J connectivity index is 2.15. The highest BCUT2D eigenvalue weighted by atomic mass is 15.2. The Kier molecular flexibility index (Phi) is 3.97. The van der Waals surface area contributed by atoms with Gasteiger partial charge in [0.1, 0.15) is 0 Å². The molecule has 0 bridgehead atoms. The van der Waals surface area contributed by atoms with E-state index in [1.165, 1.54) is 30.6 Å². The number of hydrogen-bond acceptors (Lipinski definition) is 4. The summed E-state index contributed by atoms with van der Waals surface area (Å²) in [5.74, 6) is 0. The van der Waals surface area contributed by atoms with Crippen molar-refractivity contribution in [3.05, 3.63) is 24.0 Å². The van der Waals surface area contributed by atoms with Crippen LogP contribution in [0.15, 0.2) is 18.5 Å².